The first-order chi connectivity index (χ1) is 11.9. The zero-order valence-electron chi connectivity index (χ0n) is 13.7. The monoisotopic (exact) mass is 362 g/mol. The van der Waals surface area contributed by atoms with Gasteiger partial charge in [-0.1, -0.05) is 24.3 Å². The van der Waals surface area contributed by atoms with Gasteiger partial charge in [0.2, 0.25) is 0 Å². The summed E-state index contributed by atoms with van der Waals surface area (Å²) in [5.41, 5.74) is -0.137. The van der Waals surface area contributed by atoms with Gasteiger partial charge in [0.05, 0.1) is 23.8 Å². The van der Waals surface area contributed by atoms with Crippen LogP contribution in [0.25, 0.3) is 0 Å². The van der Waals surface area contributed by atoms with Crippen LogP contribution in [-0.4, -0.2) is 26.5 Å². The van der Waals surface area contributed by atoms with E-state index in [0.717, 1.165) is 10.4 Å². The second-order valence-electron chi connectivity index (χ2n) is 4.98. The van der Waals surface area contributed by atoms with Crippen LogP contribution in [0.2, 0.25) is 0 Å². The third-order valence-electron chi connectivity index (χ3n) is 3.34. The fourth-order valence-corrected chi connectivity index (χ4v) is 3.89. The van der Waals surface area contributed by atoms with Gasteiger partial charge in [0.1, 0.15) is 5.75 Å². The molecule has 2 aromatic carbocycles. The average molecular weight is 362 g/mol. The second-order valence-corrected chi connectivity index (χ2v) is 6.81. The van der Waals surface area contributed by atoms with E-state index in [0.29, 0.717) is 18.0 Å². The van der Waals surface area contributed by atoms with E-state index in [4.69, 9.17) is 4.74 Å². The average Bonchev–Trinajstić information content (AvgIpc) is 2.60. The van der Waals surface area contributed by atoms with E-state index in [9.17, 15) is 18.5 Å². The van der Waals surface area contributed by atoms with Crippen molar-refractivity contribution in [3.05, 3.63) is 71.3 Å². The minimum atomic E-state index is -4.16. The van der Waals surface area contributed by atoms with Crippen molar-refractivity contribution < 1.29 is 18.1 Å². The van der Waals surface area contributed by atoms with Crippen molar-refractivity contribution in [3.63, 3.8) is 0 Å². The van der Waals surface area contributed by atoms with Gasteiger partial charge >= 0.3 is 0 Å². The summed E-state index contributed by atoms with van der Waals surface area (Å²) < 4.78 is 32.6. The third-order valence-corrected chi connectivity index (χ3v) is 5.18. The number of nitro benzene ring substituents is 1. The van der Waals surface area contributed by atoms with Crippen molar-refractivity contribution >= 4 is 21.4 Å². The lowest BCUT2D eigenvalue weighted by atomic mass is 10.3. The first kappa shape index (κ1) is 18.5. The number of nitro groups is 1. The maximum absolute atomic E-state index is 13.1. The number of nitrogens with zero attached hydrogens (tertiary/aromatic N) is 2. The summed E-state index contributed by atoms with van der Waals surface area (Å²) >= 11 is 0. The Labute approximate surface area is 146 Å². The van der Waals surface area contributed by atoms with Crippen LogP contribution in [0, 0.1) is 10.1 Å². The van der Waals surface area contributed by atoms with Crippen LogP contribution >= 0.6 is 0 Å². The second kappa shape index (κ2) is 7.80. The number of benzene rings is 2. The number of sulfonamides is 1. The van der Waals surface area contributed by atoms with Crippen LogP contribution in [0.5, 0.6) is 5.75 Å². The molecule has 0 saturated carbocycles. The van der Waals surface area contributed by atoms with Crippen molar-refractivity contribution in [1.82, 2.24) is 0 Å². The van der Waals surface area contributed by atoms with E-state index in [2.05, 4.69) is 6.58 Å². The SMILES string of the molecule is C=CCN(c1cccc(OCC)c1)S(=O)(=O)c1ccccc1[N+](=O)[O-]. The number of ether oxygens (including phenoxy) is 1. The van der Waals surface area contributed by atoms with Gasteiger partial charge in [-0.05, 0) is 25.1 Å². The molecule has 8 heteroatoms. The van der Waals surface area contributed by atoms with Gasteiger partial charge in [0, 0.05) is 12.1 Å². The minimum Gasteiger partial charge on any atom is -0.494 e. The molecule has 0 saturated heterocycles. The lowest BCUT2D eigenvalue weighted by molar-refractivity contribution is -0.387. The van der Waals surface area contributed by atoms with E-state index in [1.54, 1.807) is 24.3 Å². The van der Waals surface area contributed by atoms with E-state index in [1.165, 1.54) is 24.3 Å². The summed E-state index contributed by atoms with van der Waals surface area (Å²) in [6, 6.07) is 11.8. The molecule has 0 spiro atoms. The normalized spacial score (nSPS) is 10.9. The minimum absolute atomic E-state index is 0.0377. The maximum Gasteiger partial charge on any atom is 0.289 e. The zero-order valence-corrected chi connectivity index (χ0v) is 14.5. The number of rotatable bonds is 8. The van der Waals surface area contributed by atoms with Gasteiger partial charge in [0.15, 0.2) is 4.90 Å². The molecular formula is C17H18N2O5S. The maximum atomic E-state index is 13.1. The van der Waals surface area contributed by atoms with Crippen LogP contribution in [0.3, 0.4) is 0 Å². The van der Waals surface area contributed by atoms with Gasteiger partial charge < -0.3 is 4.74 Å². The van der Waals surface area contributed by atoms with Gasteiger partial charge in [-0.25, -0.2) is 8.42 Å². The summed E-state index contributed by atoms with van der Waals surface area (Å²) in [7, 11) is -4.16. The standard InChI is InChI=1S/C17H18N2O5S/c1-3-12-18(14-8-7-9-15(13-14)24-4-2)25(22,23)17-11-6-5-10-16(17)19(20)21/h3,5-11,13H,1,4,12H2,2H3. The molecule has 0 aromatic heterocycles. The van der Waals surface area contributed by atoms with Crippen molar-refractivity contribution in [1.29, 1.82) is 0 Å². The predicted molar refractivity (Wildman–Crippen MR) is 95.4 cm³/mol. The Kier molecular flexibility index (Phi) is 5.76. The summed E-state index contributed by atoms with van der Waals surface area (Å²) in [5, 5.41) is 11.2. The predicted octanol–water partition coefficient (Wildman–Crippen LogP) is 3.37. The summed E-state index contributed by atoms with van der Waals surface area (Å²) in [6.45, 7) is 5.79. The Hall–Kier alpha value is -2.87. The Morgan fingerprint density at radius 2 is 1.96 bits per heavy atom. The van der Waals surface area contributed by atoms with Gasteiger partial charge in [-0.15, -0.1) is 6.58 Å². The van der Waals surface area contributed by atoms with E-state index in [-0.39, 0.29) is 11.4 Å². The van der Waals surface area contributed by atoms with Crippen molar-refractivity contribution in [2.45, 2.75) is 11.8 Å². The molecule has 0 heterocycles. The number of hydrogen-bond acceptors (Lipinski definition) is 5. The highest BCUT2D eigenvalue weighted by Crippen LogP contribution is 2.31. The molecule has 2 aromatic rings. The highest BCUT2D eigenvalue weighted by Gasteiger charge is 2.31. The summed E-state index contributed by atoms with van der Waals surface area (Å²) in [6.07, 6.45) is 1.42. The van der Waals surface area contributed by atoms with E-state index in [1.807, 2.05) is 6.92 Å². The molecule has 7 nitrogen and oxygen atoms in total. The summed E-state index contributed by atoms with van der Waals surface area (Å²) in [5.74, 6) is 0.506. The Bertz CT molecular complexity index is 880. The highest BCUT2D eigenvalue weighted by molar-refractivity contribution is 7.93. The molecule has 132 valence electrons. The molecule has 0 atom stereocenters. The number of hydrogen-bond donors (Lipinski definition) is 0. The fraction of sp³-hybridized carbons (Fsp3) is 0.176. The Morgan fingerprint density at radius 3 is 2.60 bits per heavy atom. The molecule has 0 radical (unpaired) electrons. The molecular weight excluding hydrogens is 344 g/mol. The number of anilines is 1. The molecule has 0 N–H and O–H groups in total. The third kappa shape index (κ3) is 3.97. The van der Waals surface area contributed by atoms with E-state index >= 15 is 0 Å². The smallest absolute Gasteiger partial charge is 0.289 e. The fourth-order valence-electron chi connectivity index (χ4n) is 2.30. The lowest BCUT2D eigenvalue weighted by Crippen LogP contribution is -2.31. The van der Waals surface area contributed by atoms with Crippen LogP contribution in [0.15, 0.2) is 66.1 Å². The molecule has 0 aliphatic heterocycles. The van der Waals surface area contributed by atoms with Crippen LogP contribution < -0.4 is 9.04 Å². The highest BCUT2D eigenvalue weighted by atomic mass is 32.2. The van der Waals surface area contributed by atoms with Gasteiger partial charge in [-0.2, -0.15) is 0 Å². The first-order valence-corrected chi connectivity index (χ1v) is 8.95. The zero-order chi connectivity index (χ0) is 18.4. The molecule has 0 fully saturated rings. The van der Waals surface area contributed by atoms with E-state index < -0.39 is 20.6 Å². The number of para-hydroxylation sites is 1. The molecule has 0 unspecified atom stereocenters. The van der Waals surface area contributed by atoms with Crippen molar-refractivity contribution in [3.8, 4) is 5.75 Å². The Morgan fingerprint density at radius 1 is 1.24 bits per heavy atom. The molecule has 0 aliphatic rings. The summed E-state index contributed by atoms with van der Waals surface area (Å²) in [4.78, 5) is 10.1. The van der Waals surface area contributed by atoms with Crippen LogP contribution in [0.1, 0.15) is 6.92 Å². The molecule has 25 heavy (non-hydrogen) atoms. The van der Waals surface area contributed by atoms with Gasteiger partial charge in [0.25, 0.3) is 15.7 Å². The quantitative estimate of drug-likeness (QED) is 0.408. The molecule has 0 amide bonds. The molecule has 0 bridgehead atoms. The van der Waals surface area contributed by atoms with Crippen LogP contribution in [0.4, 0.5) is 11.4 Å². The van der Waals surface area contributed by atoms with Crippen molar-refractivity contribution in [2.75, 3.05) is 17.5 Å². The largest absolute Gasteiger partial charge is 0.494 e. The topological polar surface area (TPSA) is 89.8 Å². The van der Waals surface area contributed by atoms with Crippen LogP contribution in [-0.2, 0) is 10.0 Å². The molecule has 2 rings (SSSR count). The first-order valence-electron chi connectivity index (χ1n) is 7.51. The Balaban J connectivity index is 2.58. The van der Waals surface area contributed by atoms with Crippen molar-refractivity contribution in [2.24, 2.45) is 0 Å². The lowest BCUT2D eigenvalue weighted by Gasteiger charge is -2.23. The molecule has 0 aliphatic carbocycles. The van der Waals surface area contributed by atoms with Gasteiger partial charge in [-0.3, -0.25) is 14.4 Å².